The predicted octanol–water partition coefficient (Wildman–Crippen LogP) is 14.0. The minimum atomic E-state index is -1.01. The van der Waals surface area contributed by atoms with Crippen LogP contribution in [-0.4, -0.2) is 35.6 Å². The van der Waals surface area contributed by atoms with Crippen molar-refractivity contribution in [1.82, 2.24) is 5.32 Å². The summed E-state index contributed by atoms with van der Waals surface area (Å²) in [5.74, 6) is -1.21. The largest absolute Gasteiger partial charge is 0.480 e. The molecule has 0 aromatic heterocycles. The topological polar surface area (TPSA) is 92.7 Å². The number of rotatable bonds is 42. The third kappa shape index (κ3) is 41.0. The zero-order chi connectivity index (χ0) is 37.3. The number of carboxylic acid groups (broad SMARTS) is 1. The summed E-state index contributed by atoms with van der Waals surface area (Å²) in [6.45, 7) is 4.25. The normalized spacial score (nSPS) is 11.9. The Bertz CT molecular complexity index is 757. The number of hydrogen-bond acceptors (Lipinski definition) is 4. The molecule has 302 valence electrons. The standard InChI is InChI=1S/C45H87NO5/c1-3-5-7-9-11-13-15-17-19-21-23-25-27-32-36-40-45(50)51-42(38-34-30-28-31-35-39-43(47)46-41-44(48)49)37-33-29-26-24-22-20-18-16-14-12-10-8-6-4-2/h42H,3-41H2,1-2H3,(H,46,47)(H,48,49). The van der Waals surface area contributed by atoms with Crippen LogP contribution in [0.5, 0.6) is 0 Å². The lowest BCUT2D eigenvalue weighted by Crippen LogP contribution is -2.28. The summed E-state index contributed by atoms with van der Waals surface area (Å²) in [6, 6.07) is 0. The summed E-state index contributed by atoms with van der Waals surface area (Å²) in [7, 11) is 0. The Morgan fingerprint density at radius 1 is 0.431 bits per heavy atom. The molecule has 2 N–H and O–H groups in total. The molecule has 0 saturated carbocycles. The van der Waals surface area contributed by atoms with E-state index in [4.69, 9.17) is 9.84 Å². The minimum Gasteiger partial charge on any atom is -0.480 e. The van der Waals surface area contributed by atoms with Crippen LogP contribution in [0.1, 0.15) is 258 Å². The van der Waals surface area contributed by atoms with E-state index in [1.807, 2.05) is 0 Å². The van der Waals surface area contributed by atoms with E-state index in [0.29, 0.717) is 12.8 Å². The first kappa shape index (κ1) is 49.4. The van der Waals surface area contributed by atoms with Crippen LogP contribution in [0.25, 0.3) is 0 Å². The van der Waals surface area contributed by atoms with Gasteiger partial charge in [-0.1, -0.05) is 206 Å². The van der Waals surface area contributed by atoms with Gasteiger partial charge in [0.2, 0.25) is 5.91 Å². The number of nitrogens with one attached hydrogen (secondary N) is 1. The molecule has 0 aromatic rings. The van der Waals surface area contributed by atoms with Gasteiger partial charge in [-0.25, -0.2) is 0 Å². The van der Waals surface area contributed by atoms with Gasteiger partial charge in [0.25, 0.3) is 0 Å². The van der Waals surface area contributed by atoms with E-state index in [0.717, 1.165) is 64.2 Å². The van der Waals surface area contributed by atoms with Gasteiger partial charge in [0.1, 0.15) is 12.6 Å². The van der Waals surface area contributed by atoms with Crippen molar-refractivity contribution < 1.29 is 24.2 Å². The lowest BCUT2D eigenvalue weighted by atomic mass is 10.0. The lowest BCUT2D eigenvalue weighted by molar-refractivity contribution is -0.150. The number of hydrogen-bond donors (Lipinski definition) is 2. The third-order valence-corrected chi connectivity index (χ3v) is 10.5. The molecule has 0 saturated heterocycles. The maximum atomic E-state index is 12.8. The molecule has 0 radical (unpaired) electrons. The molecule has 0 fully saturated rings. The molecule has 0 aliphatic heterocycles. The SMILES string of the molecule is CCCCCCCCCCCCCCCCCC(=O)OC(CCCCCCCCCCCCCCCC)CCCCCCCC(=O)NCC(=O)O. The molecule has 0 aromatic carbocycles. The van der Waals surface area contributed by atoms with Gasteiger partial charge in [0.15, 0.2) is 0 Å². The Kier molecular flexibility index (Phi) is 39.9. The molecule has 0 rings (SSSR count). The van der Waals surface area contributed by atoms with Crippen LogP contribution in [-0.2, 0) is 19.1 Å². The summed E-state index contributed by atoms with van der Waals surface area (Å²) in [5, 5.41) is 11.1. The van der Waals surface area contributed by atoms with Gasteiger partial charge in [-0.3, -0.25) is 14.4 Å². The van der Waals surface area contributed by atoms with Crippen LogP contribution < -0.4 is 5.32 Å². The van der Waals surface area contributed by atoms with E-state index in [1.165, 1.54) is 167 Å². The van der Waals surface area contributed by atoms with Crippen LogP contribution >= 0.6 is 0 Å². The van der Waals surface area contributed by atoms with Crippen molar-refractivity contribution in [3.63, 3.8) is 0 Å². The Balaban J connectivity index is 4.11. The lowest BCUT2D eigenvalue weighted by Gasteiger charge is -2.18. The van der Waals surface area contributed by atoms with Crippen LogP contribution in [0, 0.1) is 0 Å². The maximum absolute atomic E-state index is 12.8. The fourth-order valence-electron chi connectivity index (χ4n) is 7.16. The van der Waals surface area contributed by atoms with Gasteiger partial charge in [-0.15, -0.1) is 0 Å². The molecule has 0 spiro atoms. The zero-order valence-electron chi connectivity index (χ0n) is 34.2. The molecule has 1 amide bonds. The fraction of sp³-hybridized carbons (Fsp3) is 0.933. The average Bonchev–Trinajstić information content (AvgIpc) is 3.11. The first-order valence-electron chi connectivity index (χ1n) is 22.7. The van der Waals surface area contributed by atoms with Crippen molar-refractivity contribution in [2.75, 3.05) is 6.54 Å². The summed E-state index contributed by atoms with van der Waals surface area (Å²) >= 11 is 0. The van der Waals surface area contributed by atoms with Crippen molar-refractivity contribution in [2.24, 2.45) is 0 Å². The summed E-state index contributed by atoms with van der Waals surface area (Å²) in [5.41, 5.74) is 0. The van der Waals surface area contributed by atoms with Gasteiger partial charge in [-0.2, -0.15) is 0 Å². The predicted molar refractivity (Wildman–Crippen MR) is 217 cm³/mol. The van der Waals surface area contributed by atoms with Crippen molar-refractivity contribution in [1.29, 1.82) is 0 Å². The third-order valence-electron chi connectivity index (χ3n) is 10.5. The van der Waals surface area contributed by atoms with Gasteiger partial charge in [0, 0.05) is 12.8 Å². The Morgan fingerprint density at radius 3 is 1.06 bits per heavy atom. The van der Waals surface area contributed by atoms with Crippen molar-refractivity contribution in [3.05, 3.63) is 0 Å². The molecule has 0 aliphatic carbocycles. The van der Waals surface area contributed by atoms with Crippen LogP contribution in [0.15, 0.2) is 0 Å². The summed E-state index contributed by atoms with van der Waals surface area (Å²) < 4.78 is 6.05. The van der Waals surface area contributed by atoms with Crippen LogP contribution in [0.3, 0.4) is 0 Å². The fourth-order valence-corrected chi connectivity index (χ4v) is 7.16. The van der Waals surface area contributed by atoms with E-state index in [-0.39, 0.29) is 24.5 Å². The number of carbonyl (C=O) groups excluding carboxylic acids is 2. The van der Waals surface area contributed by atoms with E-state index in [1.54, 1.807) is 0 Å². The Hall–Kier alpha value is -1.59. The number of carboxylic acids is 1. The molecule has 51 heavy (non-hydrogen) atoms. The molecule has 1 atom stereocenters. The number of ether oxygens (including phenoxy) is 1. The highest BCUT2D eigenvalue weighted by Gasteiger charge is 2.14. The summed E-state index contributed by atoms with van der Waals surface area (Å²) in [4.78, 5) is 35.1. The van der Waals surface area contributed by atoms with Gasteiger partial charge in [-0.05, 0) is 38.5 Å². The molecular weight excluding hydrogens is 634 g/mol. The van der Waals surface area contributed by atoms with Gasteiger partial charge >= 0.3 is 11.9 Å². The van der Waals surface area contributed by atoms with Crippen molar-refractivity contribution in [2.45, 2.75) is 264 Å². The second-order valence-electron chi connectivity index (χ2n) is 15.7. The molecule has 0 aliphatic rings. The Labute approximate surface area is 317 Å². The van der Waals surface area contributed by atoms with Gasteiger partial charge < -0.3 is 15.2 Å². The Morgan fingerprint density at radius 2 is 0.725 bits per heavy atom. The van der Waals surface area contributed by atoms with Crippen LogP contribution in [0.2, 0.25) is 0 Å². The minimum absolute atomic E-state index is 0.00701. The molecule has 6 heteroatoms. The highest BCUT2D eigenvalue weighted by atomic mass is 16.5. The average molecular weight is 722 g/mol. The second-order valence-corrected chi connectivity index (χ2v) is 15.7. The second kappa shape index (κ2) is 41.2. The molecule has 6 nitrogen and oxygen atoms in total. The first-order valence-corrected chi connectivity index (χ1v) is 22.7. The van der Waals surface area contributed by atoms with E-state index >= 15 is 0 Å². The number of carbonyl (C=O) groups is 3. The number of amides is 1. The number of esters is 1. The zero-order valence-corrected chi connectivity index (χ0v) is 34.2. The van der Waals surface area contributed by atoms with E-state index in [2.05, 4.69) is 19.2 Å². The molecule has 0 heterocycles. The van der Waals surface area contributed by atoms with Crippen molar-refractivity contribution in [3.8, 4) is 0 Å². The number of unbranched alkanes of at least 4 members (excludes halogenated alkanes) is 31. The smallest absolute Gasteiger partial charge is 0.322 e. The van der Waals surface area contributed by atoms with Crippen molar-refractivity contribution >= 4 is 17.8 Å². The molecule has 0 bridgehead atoms. The highest BCUT2D eigenvalue weighted by Crippen LogP contribution is 2.19. The monoisotopic (exact) mass is 722 g/mol. The van der Waals surface area contributed by atoms with E-state index in [9.17, 15) is 14.4 Å². The highest BCUT2D eigenvalue weighted by molar-refractivity contribution is 5.80. The molecular formula is C45H87NO5. The maximum Gasteiger partial charge on any atom is 0.322 e. The molecule has 1 unspecified atom stereocenters. The summed E-state index contributed by atoms with van der Waals surface area (Å²) in [6.07, 6.45) is 46.6. The van der Waals surface area contributed by atoms with Crippen LogP contribution in [0.4, 0.5) is 0 Å². The number of aliphatic carboxylic acids is 1. The van der Waals surface area contributed by atoms with Gasteiger partial charge in [0.05, 0.1) is 0 Å². The first-order chi connectivity index (χ1) is 25.0. The van der Waals surface area contributed by atoms with E-state index < -0.39 is 5.97 Å². The quantitative estimate of drug-likeness (QED) is 0.0483.